The molecule has 1 aliphatic carbocycles. The Labute approximate surface area is 119 Å². The van der Waals surface area contributed by atoms with Crippen LogP contribution in [0.15, 0.2) is 4.52 Å². The van der Waals surface area contributed by atoms with Crippen LogP contribution in [0.1, 0.15) is 56.2 Å². The summed E-state index contributed by atoms with van der Waals surface area (Å²) in [4.78, 5) is 4.63. The highest BCUT2D eigenvalue weighted by atomic mass is 16.5. The zero-order valence-corrected chi connectivity index (χ0v) is 12.0. The molecule has 0 radical (unpaired) electrons. The molecule has 0 unspecified atom stereocenters. The summed E-state index contributed by atoms with van der Waals surface area (Å²) < 4.78 is 16.6. The van der Waals surface area contributed by atoms with Gasteiger partial charge in [-0.05, 0) is 25.7 Å². The van der Waals surface area contributed by atoms with Crippen LogP contribution in [0.2, 0.25) is 0 Å². The SMILES string of the molecule is COC1(c2noc(C3CCC(N)CC3)n2)CCOCC1. The van der Waals surface area contributed by atoms with Crippen LogP contribution < -0.4 is 5.73 Å². The first-order valence-corrected chi connectivity index (χ1v) is 7.46. The summed E-state index contributed by atoms with van der Waals surface area (Å²) >= 11 is 0. The fourth-order valence-electron chi connectivity index (χ4n) is 3.17. The first-order valence-electron chi connectivity index (χ1n) is 7.46. The minimum absolute atomic E-state index is 0.328. The van der Waals surface area contributed by atoms with Gasteiger partial charge in [0, 0.05) is 45.1 Å². The summed E-state index contributed by atoms with van der Waals surface area (Å²) in [6.45, 7) is 1.35. The molecule has 1 aromatic rings. The van der Waals surface area contributed by atoms with Crippen LogP contribution in [0.3, 0.4) is 0 Å². The van der Waals surface area contributed by atoms with Gasteiger partial charge in [0.25, 0.3) is 0 Å². The van der Waals surface area contributed by atoms with Crippen LogP contribution in [0.4, 0.5) is 0 Å². The number of hydrogen-bond acceptors (Lipinski definition) is 6. The van der Waals surface area contributed by atoms with Gasteiger partial charge >= 0.3 is 0 Å². The zero-order valence-electron chi connectivity index (χ0n) is 12.0. The first-order chi connectivity index (χ1) is 9.73. The van der Waals surface area contributed by atoms with Crippen molar-refractivity contribution >= 4 is 0 Å². The zero-order chi connectivity index (χ0) is 14.0. The maximum atomic E-state index is 5.94. The molecule has 20 heavy (non-hydrogen) atoms. The molecule has 2 N–H and O–H groups in total. The predicted octanol–water partition coefficient (Wildman–Crippen LogP) is 1.71. The molecular formula is C14H23N3O3. The average Bonchev–Trinajstić information content (AvgIpc) is 2.99. The molecule has 0 bridgehead atoms. The Bertz CT molecular complexity index is 435. The van der Waals surface area contributed by atoms with E-state index in [-0.39, 0.29) is 0 Å². The van der Waals surface area contributed by atoms with Gasteiger partial charge in [0.2, 0.25) is 11.7 Å². The van der Waals surface area contributed by atoms with Crippen molar-refractivity contribution < 1.29 is 14.0 Å². The molecule has 0 atom stereocenters. The van der Waals surface area contributed by atoms with Gasteiger partial charge in [-0.25, -0.2) is 0 Å². The van der Waals surface area contributed by atoms with Gasteiger partial charge in [0.15, 0.2) is 0 Å². The normalized spacial score (nSPS) is 30.3. The molecule has 2 fully saturated rings. The van der Waals surface area contributed by atoms with E-state index in [2.05, 4.69) is 10.1 Å². The lowest BCUT2D eigenvalue weighted by molar-refractivity contribution is -0.101. The lowest BCUT2D eigenvalue weighted by Crippen LogP contribution is -2.36. The minimum Gasteiger partial charge on any atom is -0.381 e. The smallest absolute Gasteiger partial charge is 0.229 e. The van der Waals surface area contributed by atoms with Crippen LogP contribution in [-0.2, 0) is 15.1 Å². The lowest BCUT2D eigenvalue weighted by Gasteiger charge is -2.32. The van der Waals surface area contributed by atoms with Crippen molar-refractivity contribution in [3.05, 3.63) is 11.7 Å². The third-order valence-electron chi connectivity index (χ3n) is 4.66. The summed E-state index contributed by atoms with van der Waals surface area (Å²) in [6.07, 6.45) is 5.69. The summed E-state index contributed by atoms with van der Waals surface area (Å²) in [5.74, 6) is 1.77. The van der Waals surface area contributed by atoms with Crippen LogP contribution >= 0.6 is 0 Å². The van der Waals surface area contributed by atoms with E-state index >= 15 is 0 Å². The first kappa shape index (κ1) is 14.0. The molecule has 0 spiro atoms. The summed E-state index contributed by atoms with van der Waals surface area (Å²) in [6, 6.07) is 0.328. The Hall–Kier alpha value is -0.980. The number of ether oxygens (including phenoxy) is 2. The van der Waals surface area contributed by atoms with E-state index in [1.807, 2.05) is 0 Å². The van der Waals surface area contributed by atoms with E-state index in [0.717, 1.165) is 44.4 Å². The fraction of sp³-hybridized carbons (Fsp3) is 0.857. The van der Waals surface area contributed by atoms with Crippen molar-refractivity contribution in [2.45, 2.75) is 56.1 Å². The third-order valence-corrected chi connectivity index (χ3v) is 4.66. The van der Waals surface area contributed by atoms with E-state index in [1.54, 1.807) is 7.11 Å². The standard InChI is InChI=1S/C14H23N3O3/c1-18-14(6-8-19-9-7-14)13-16-12(20-17-13)10-2-4-11(15)5-3-10/h10-11H,2-9,15H2,1H3. The van der Waals surface area contributed by atoms with Gasteiger partial charge in [0.05, 0.1) is 0 Å². The molecule has 1 saturated carbocycles. The molecule has 1 saturated heterocycles. The van der Waals surface area contributed by atoms with Crippen molar-refractivity contribution in [2.75, 3.05) is 20.3 Å². The average molecular weight is 281 g/mol. The van der Waals surface area contributed by atoms with Gasteiger partial charge in [0.1, 0.15) is 5.60 Å². The number of hydrogen-bond donors (Lipinski definition) is 1. The van der Waals surface area contributed by atoms with E-state index in [1.165, 1.54) is 0 Å². The highest BCUT2D eigenvalue weighted by Gasteiger charge is 2.40. The topological polar surface area (TPSA) is 83.4 Å². The lowest BCUT2D eigenvalue weighted by atomic mass is 9.86. The second-order valence-electron chi connectivity index (χ2n) is 5.88. The van der Waals surface area contributed by atoms with Crippen LogP contribution in [0.5, 0.6) is 0 Å². The van der Waals surface area contributed by atoms with Crippen LogP contribution in [0.25, 0.3) is 0 Å². The molecule has 2 heterocycles. The Morgan fingerprint density at radius 1 is 1.20 bits per heavy atom. The van der Waals surface area contributed by atoms with Crippen LogP contribution in [-0.4, -0.2) is 36.5 Å². The molecule has 1 aliphatic heterocycles. The van der Waals surface area contributed by atoms with Gasteiger partial charge < -0.3 is 19.7 Å². The van der Waals surface area contributed by atoms with Crippen molar-refractivity contribution in [3.63, 3.8) is 0 Å². The van der Waals surface area contributed by atoms with Gasteiger partial charge in [-0.15, -0.1) is 0 Å². The van der Waals surface area contributed by atoms with Gasteiger partial charge in [-0.3, -0.25) is 0 Å². The highest BCUT2D eigenvalue weighted by molar-refractivity contribution is 5.05. The number of aromatic nitrogens is 2. The van der Waals surface area contributed by atoms with Crippen molar-refractivity contribution in [1.29, 1.82) is 0 Å². The maximum Gasteiger partial charge on any atom is 0.229 e. The minimum atomic E-state index is -0.439. The molecule has 6 heteroatoms. The molecule has 3 rings (SSSR count). The Morgan fingerprint density at radius 3 is 2.55 bits per heavy atom. The van der Waals surface area contributed by atoms with E-state index < -0.39 is 5.60 Å². The Morgan fingerprint density at radius 2 is 1.90 bits per heavy atom. The molecule has 0 amide bonds. The van der Waals surface area contributed by atoms with Crippen molar-refractivity contribution in [2.24, 2.45) is 5.73 Å². The van der Waals surface area contributed by atoms with Gasteiger partial charge in [-0.2, -0.15) is 4.98 Å². The number of nitrogens with zero attached hydrogens (tertiary/aromatic N) is 2. The number of methoxy groups -OCH3 is 1. The Balaban J connectivity index is 1.75. The summed E-state index contributed by atoms with van der Waals surface area (Å²) in [5, 5.41) is 4.18. The third kappa shape index (κ3) is 2.60. The monoisotopic (exact) mass is 281 g/mol. The second kappa shape index (κ2) is 5.79. The molecule has 1 aromatic heterocycles. The molecule has 0 aromatic carbocycles. The van der Waals surface area contributed by atoms with E-state index in [9.17, 15) is 0 Å². The van der Waals surface area contributed by atoms with E-state index in [0.29, 0.717) is 31.0 Å². The molecule has 6 nitrogen and oxygen atoms in total. The van der Waals surface area contributed by atoms with Crippen molar-refractivity contribution in [3.8, 4) is 0 Å². The molecule has 2 aliphatic rings. The molecule has 112 valence electrons. The number of rotatable bonds is 3. The number of nitrogens with two attached hydrogens (primary N) is 1. The van der Waals surface area contributed by atoms with Crippen LogP contribution in [0, 0.1) is 0 Å². The largest absolute Gasteiger partial charge is 0.381 e. The Kier molecular flexibility index (Phi) is 4.05. The predicted molar refractivity (Wildman–Crippen MR) is 72.2 cm³/mol. The van der Waals surface area contributed by atoms with Gasteiger partial charge in [-0.1, -0.05) is 5.16 Å². The second-order valence-corrected chi connectivity index (χ2v) is 5.88. The summed E-state index contributed by atoms with van der Waals surface area (Å²) in [5.41, 5.74) is 5.50. The quantitative estimate of drug-likeness (QED) is 0.908. The summed E-state index contributed by atoms with van der Waals surface area (Å²) in [7, 11) is 1.71. The van der Waals surface area contributed by atoms with E-state index in [4.69, 9.17) is 19.7 Å². The fourth-order valence-corrected chi connectivity index (χ4v) is 3.17. The highest BCUT2D eigenvalue weighted by Crippen LogP contribution is 2.36. The van der Waals surface area contributed by atoms with Crippen molar-refractivity contribution in [1.82, 2.24) is 10.1 Å². The molecular weight excluding hydrogens is 258 g/mol. The maximum absolute atomic E-state index is 5.94.